The van der Waals surface area contributed by atoms with E-state index in [0.717, 1.165) is 5.56 Å². The summed E-state index contributed by atoms with van der Waals surface area (Å²) in [6, 6.07) is 7.10. The first-order chi connectivity index (χ1) is 9.31. The molecule has 1 aromatic rings. The highest BCUT2D eigenvalue weighted by Gasteiger charge is 2.42. The lowest BCUT2D eigenvalue weighted by atomic mass is 9.97. The summed E-state index contributed by atoms with van der Waals surface area (Å²) in [5.41, 5.74) is 0.266. The Labute approximate surface area is 124 Å². The van der Waals surface area contributed by atoms with E-state index in [2.05, 4.69) is 5.32 Å². The standard InChI is InChI=1S/C15H19ClN2O2/c1-10-13(19)17-15(2,3)14(20)18(10)9-8-11-4-6-12(16)7-5-11/h4-7,10H,8-9H2,1-3H3,(H,17,19). The van der Waals surface area contributed by atoms with Gasteiger partial charge in [0, 0.05) is 11.6 Å². The molecular weight excluding hydrogens is 276 g/mol. The molecule has 0 aliphatic carbocycles. The van der Waals surface area contributed by atoms with Gasteiger partial charge in [0.1, 0.15) is 11.6 Å². The van der Waals surface area contributed by atoms with Gasteiger partial charge in [-0.1, -0.05) is 23.7 Å². The van der Waals surface area contributed by atoms with Crippen molar-refractivity contribution in [3.63, 3.8) is 0 Å². The first-order valence-corrected chi connectivity index (χ1v) is 7.06. The summed E-state index contributed by atoms with van der Waals surface area (Å²) in [6.45, 7) is 5.74. The number of carbonyl (C=O) groups is 2. The molecule has 108 valence electrons. The summed E-state index contributed by atoms with van der Waals surface area (Å²) in [6.07, 6.45) is 0.705. The lowest BCUT2D eigenvalue weighted by Crippen LogP contribution is -2.67. The zero-order chi connectivity index (χ0) is 14.9. The summed E-state index contributed by atoms with van der Waals surface area (Å²) in [7, 11) is 0. The second-order valence-electron chi connectivity index (χ2n) is 5.67. The third-order valence-electron chi connectivity index (χ3n) is 3.63. The van der Waals surface area contributed by atoms with E-state index >= 15 is 0 Å². The van der Waals surface area contributed by atoms with E-state index in [1.54, 1.807) is 25.7 Å². The molecule has 4 nitrogen and oxygen atoms in total. The zero-order valence-electron chi connectivity index (χ0n) is 11.9. The van der Waals surface area contributed by atoms with Crippen molar-refractivity contribution in [1.29, 1.82) is 0 Å². The molecule has 2 amide bonds. The summed E-state index contributed by atoms with van der Waals surface area (Å²) in [5.74, 6) is -0.149. The molecule has 0 radical (unpaired) electrons. The van der Waals surface area contributed by atoms with Gasteiger partial charge in [-0.25, -0.2) is 0 Å². The minimum atomic E-state index is -0.830. The number of piperazine rings is 1. The number of hydrogen-bond acceptors (Lipinski definition) is 2. The maximum atomic E-state index is 12.4. The highest BCUT2D eigenvalue weighted by molar-refractivity contribution is 6.30. The van der Waals surface area contributed by atoms with Crippen LogP contribution < -0.4 is 5.32 Å². The van der Waals surface area contributed by atoms with E-state index < -0.39 is 11.6 Å². The van der Waals surface area contributed by atoms with Crippen molar-refractivity contribution in [2.45, 2.75) is 38.8 Å². The summed E-state index contributed by atoms with van der Waals surface area (Å²) < 4.78 is 0. The predicted octanol–water partition coefficient (Wildman–Crippen LogP) is 2.01. The van der Waals surface area contributed by atoms with Crippen LogP contribution >= 0.6 is 11.6 Å². The maximum absolute atomic E-state index is 12.4. The van der Waals surface area contributed by atoms with Gasteiger partial charge in [-0.05, 0) is 44.9 Å². The van der Waals surface area contributed by atoms with E-state index in [1.165, 1.54) is 0 Å². The Balaban J connectivity index is 2.08. The van der Waals surface area contributed by atoms with E-state index in [-0.39, 0.29) is 11.8 Å². The molecule has 0 spiro atoms. The third-order valence-corrected chi connectivity index (χ3v) is 3.88. The molecule has 0 bridgehead atoms. The monoisotopic (exact) mass is 294 g/mol. The maximum Gasteiger partial charge on any atom is 0.248 e. The van der Waals surface area contributed by atoms with E-state index in [4.69, 9.17) is 11.6 Å². The van der Waals surface area contributed by atoms with Gasteiger partial charge in [-0.2, -0.15) is 0 Å². The zero-order valence-corrected chi connectivity index (χ0v) is 12.7. The fourth-order valence-corrected chi connectivity index (χ4v) is 2.46. The number of hydrogen-bond donors (Lipinski definition) is 1. The Hall–Kier alpha value is -1.55. The van der Waals surface area contributed by atoms with Gasteiger partial charge in [0.15, 0.2) is 0 Å². The predicted molar refractivity (Wildman–Crippen MR) is 78.6 cm³/mol. The van der Waals surface area contributed by atoms with Crippen LogP contribution in [0.25, 0.3) is 0 Å². The quantitative estimate of drug-likeness (QED) is 0.927. The number of amides is 2. The first-order valence-electron chi connectivity index (χ1n) is 6.69. The van der Waals surface area contributed by atoms with Gasteiger partial charge in [-0.3, -0.25) is 9.59 Å². The molecule has 1 saturated heterocycles. The van der Waals surface area contributed by atoms with Gasteiger partial charge < -0.3 is 10.2 Å². The van der Waals surface area contributed by atoms with Gasteiger partial charge in [-0.15, -0.1) is 0 Å². The Bertz CT molecular complexity index is 525. The molecule has 1 aliphatic heterocycles. The Kier molecular flexibility index (Phi) is 4.04. The Morgan fingerprint density at radius 3 is 2.45 bits per heavy atom. The highest BCUT2D eigenvalue weighted by atomic mass is 35.5. The van der Waals surface area contributed by atoms with Gasteiger partial charge in [0.25, 0.3) is 0 Å². The molecule has 2 rings (SSSR count). The number of nitrogens with zero attached hydrogens (tertiary/aromatic N) is 1. The molecule has 1 unspecified atom stereocenters. The molecule has 1 aromatic carbocycles. The van der Waals surface area contributed by atoms with Crippen LogP contribution in [0, 0.1) is 0 Å². The molecule has 1 heterocycles. The molecule has 0 saturated carbocycles. The third kappa shape index (κ3) is 2.96. The van der Waals surface area contributed by atoms with Crippen LogP contribution in [0.3, 0.4) is 0 Å². The Morgan fingerprint density at radius 2 is 1.85 bits per heavy atom. The average molecular weight is 295 g/mol. The van der Waals surface area contributed by atoms with Gasteiger partial charge in [0.05, 0.1) is 0 Å². The minimum absolute atomic E-state index is 0.0430. The molecular formula is C15H19ClN2O2. The minimum Gasteiger partial charge on any atom is -0.340 e. The Morgan fingerprint density at radius 1 is 1.25 bits per heavy atom. The number of rotatable bonds is 3. The van der Waals surface area contributed by atoms with Gasteiger partial charge >= 0.3 is 0 Å². The normalized spacial score (nSPS) is 21.8. The topological polar surface area (TPSA) is 49.4 Å². The SMILES string of the molecule is CC1C(=O)NC(C)(C)C(=O)N1CCc1ccc(Cl)cc1. The van der Waals surface area contributed by atoms with Crippen molar-refractivity contribution in [1.82, 2.24) is 10.2 Å². The molecule has 1 N–H and O–H groups in total. The van der Waals surface area contributed by atoms with Crippen LogP contribution in [-0.2, 0) is 16.0 Å². The van der Waals surface area contributed by atoms with E-state index in [9.17, 15) is 9.59 Å². The second kappa shape index (κ2) is 5.44. The summed E-state index contributed by atoms with van der Waals surface area (Å²) in [4.78, 5) is 25.9. The highest BCUT2D eigenvalue weighted by Crippen LogP contribution is 2.19. The van der Waals surface area contributed by atoms with Crippen LogP contribution in [0.1, 0.15) is 26.3 Å². The van der Waals surface area contributed by atoms with E-state index in [0.29, 0.717) is 18.0 Å². The van der Waals surface area contributed by atoms with Crippen LogP contribution in [-0.4, -0.2) is 34.8 Å². The molecule has 20 heavy (non-hydrogen) atoms. The van der Waals surface area contributed by atoms with Crippen molar-refractivity contribution in [2.75, 3.05) is 6.54 Å². The van der Waals surface area contributed by atoms with Crippen molar-refractivity contribution in [2.24, 2.45) is 0 Å². The van der Waals surface area contributed by atoms with Crippen molar-refractivity contribution in [3.8, 4) is 0 Å². The van der Waals surface area contributed by atoms with Crippen LogP contribution in [0.4, 0.5) is 0 Å². The molecule has 0 aromatic heterocycles. The molecule has 1 atom stereocenters. The lowest BCUT2D eigenvalue weighted by Gasteiger charge is -2.41. The first kappa shape index (κ1) is 14.9. The number of benzene rings is 1. The second-order valence-corrected chi connectivity index (χ2v) is 6.10. The van der Waals surface area contributed by atoms with Crippen molar-refractivity contribution >= 4 is 23.4 Å². The van der Waals surface area contributed by atoms with Crippen molar-refractivity contribution in [3.05, 3.63) is 34.9 Å². The lowest BCUT2D eigenvalue weighted by molar-refractivity contribution is -0.152. The largest absolute Gasteiger partial charge is 0.340 e. The summed E-state index contributed by atoms with van der Waals surface area (Å²) >= 11 is 5.85. The van der Waals surface area contributed by atoms with Crippen molar-refractivity contribution < 1.29 is 9.59 Å². The molecule has 1 aliphatic rings. The van der Waals surface area contributed by atoms with E-state index in [1.807, 2.05) is 24.3 Å². The average Bonchev–Trinajstić information content (AvgIpc) is 2.38. The number of halogens is 1. The van der Waals surface area contributed by atoms with Crippen LogP contribution in [0.2, 0.25) is 5.02 Å². The molecule has 5 heteroatoms. The number of carbonyl (C=O) groups excluding carboxylic acids is 2. The van der Waals surface area contributed by atoms with Gasteiger partial charge in [0.2, 0.25) is 11.8 Å². The fraction of sp³-hybridized carbons (Fsp3) is 0.467. The fourth-order valence-electron chi connectivity index (χ4n) is 2.34. The number of nitrogens with one attached hydrogen (secondary N) is 1. The van der Waals surface area contributed by atoms with Crippen LogP contribution in [0.15, 0.2) is 24.3 Å². The van der Waals surface area contributed by atoms with Crippen LogP contribution in [0.5, 0.6) is 0 Å². The summed E-state index contributed by atoms with van der Waals surface area (Å²) in [5, 5.41) is 3.43. The molecule has 1 fully saturated rings. The smallest absolute Gasteiger partial charge is 0.248 e.